The Kier molecular flexibility index (Phi) is 5.32. The first-order chi connectivity index (χ1) is 7.68. The molecule has 4 nitrogen and oxygen atoms in total. The maximum atomic E-state index is 11.1. The van der Waals surface area contributed by atoms with Gasteiger partial charge in [-0.2, -0.15) is 0 Å². The van der Waals surface area contributed by atoms with Crippen LogP contribution in [0.1, 0.15) is 26.2 Å². The number of esters is 1. The van der Waals surface area contributed by atoms with Crippen LogP contribution in [0.15, 0.2) is 24.4 Å². The number of carbonyl (C=O) groups excluding carboxylic acids is 2. The molecule has 0 bridgehead atoms. The highest BCUT2D eigenvalue weighted by molar-refractivity contribution is 5.90. The Balaban J connectivity index is 2.09. The molecule has 0 aromatic carbocycles. The molecule has 1 atom stereocenters. The van der Waals surface area contributed by atoms with Crippen molar-refractivity contribution in [3.05, 3.63) is 24.4 Å². The number of ketones is 1. The summed E-state index contributed by atoms with van der Waals surface area (Å²) in [5.74, 6) is -0.0954. The van der Waals surface area contributed by atoms with Crippen molar-refractivity contribution in [1.29, 1.82) is 0 Å². The first-order valence-electron chi connectivity index (χ1n) is 5.42. The van der Waals surface area contributed by atoms with E-state index in [4.69, 9.17) is 4.74 Å². The SMILES string of the molecule is CC(=O)OC/C=C/CC[C@@H]1CC(=O)C=CN1. The first-order valence-corrected chi connectivity index (χ1v) is 5.42. The topological polar surface area (TPSA) is 55.4 Å². The predicted molar refractivity (Wildman–Crippen MR) is 60.7 cm³/mol. The maximum absolute atomic E-state index is 11.1. The highest BCUT2D eigenvalue weighted by Gasteiger charge is 2.12. The molecule has 0 aromatic heterocycles. The molecule has 0 aromatic rings. The summed E-state index contributed by atoms with van der Waals surface area (Å²) in [4.78, 5) is 21.5. The molecule has 0 spiro atoms. The molecule has 0 aliphatic carbocycles. The van der Waals surface area contributed by atoms with Crippen molar-refractivity contribution in [2.45, 2.75) is 32.2 Å². The summed E-state index contributed by atoms with van der Waals surface area (Å²) in [6, 6.07) is 0.232. The second kappa shape index (κ2) is 6.82. The van der Waals surface area contributed by atoms with Gasteiger partial charge in [0.15, 0.2) is 5.78 Å². The quantitative estimate of drug-likeness (QED) is 0.564. The van der Waals surface area contributed by atoms with Gasteiger partial charge in [-0.1, -0.05) is 12.2 Å². The van der Waals surface area contributed by atoms with E-state index < -0.39 is 0 Å². The van der Waals surface area contributed by atoms with Crippen LogP contribution in [0.5, 0.6) is 0 Å². The van der Waals surface area contributed by atoms with E-state index in [-0.39, 0.29) is 17.8 Å². The molecule has 0 saturated carbocycles. The molecule has 88 valence electrons. The zero-order chi connectivity index (χ0) is 11.8. The van der Waals surface area contributed by atoms with Gasteiger partial charge >= 0.3 is 5.97 Å². The van der Waals surface area contributed by atoms with Gasteiger partial charge in [0.05, 0.1) is 0 Å². The van der Waals surface area contributed by atoms with Crippen LogP contribution in [-0.4, -0.2) is 24.4 Å². The van der Waals surface area contributed by atoms with Gasteiger partial charge in [-0.15, -0.1) is 0 Å². The number of allylic oxidation sites excluding steroid dienone is 2. The highest BCUT2D eigenvalue weighted by Crippen LogP contribution is 2.07. The van der Waals surface area contributed by atoms with E-state index in [0.29, 0.717) is 13.0 Å². The minimum absolute atomic E-state index is 0.174. The minimum Gasteiger partial charge on any atom is -0.462 e. The summed E-state index contributed by atoms with van der Waals surface area (Å²) >= 11 is 0. The molecule has 1 aliphatic rings. The van der Waals surface area contributed by atoms with Gasteiger partial charge in [0.2, 0.25) is 0 Å². The fourth-order valence-corrected chi connectivity index (χ4v) is 1.48. The Morgan fingerprint density at radius 3 is 3.12 bits per heavy atom. The summed E-state index contributed by atoms with van der Waals surface area (Å²) in [6.45, 7) is 1.71. The number of carbonyl (C=O) groups is 2. The fourth-order valence-electron chi connectivity index (χ4n) is 1.48. The summed E-state index contributed by atoms with van der Waals surface area (Å²) in [5, 5.41) is 3.14. The normalized spacial score (nSPS) is 19.8. The van der Waals surface area contributed by atoms with Gasteiger partial charge in [0.1, 0.15) is 6.61 Å². The third-order valence-electron chi connectivity index (χ3n) is 2.28. The Bertz CT molecular complexity index is 307. The third kappa shape index (κ3) is 5.34. The smallest absolute Gasteiger partial charge is 0.302 e. The zero-order valence-corrected chi connectivity index (χ0v) is 9.44. The molecule has 0 unspecified atom stereocenters. The Morgan fingerprint density at radius 2 is 2.44 bits per heavy atom. The molecule has 0 saturated heterocycles. The summed E-state index contributed by atoms with van der Waals surface area (Å²) in [7, 11) is 0. The van der Waals surface area contributed by atoms with Gasteiger partial charge in [-0.25, -0.2) is 0 Å². The molecule has 16 heavy (non-hydrogen) atoms. The van der Waals surface area contributed by atoms with Crippen molar-refractivity contribution < 1.29 is 14.3 Å². The van der Waals surface area contributed by atoms with Crippen molar-refractivity contribution in [1.82, 2.24) is 5.32 Å². The number of rotatable bonds is 5. The standard InChI is InChI=1S/C12H17NO3/c1-10(14)16-8-4-2-3-5-11-9-12(15)6-7-13-11/h2,4,6-7,11,13H,3,5,8-9H2,1H3/b4-2+/t11-/m1/s1. The zero-order valence-electron chi connectivity index (χ0n) is 9.44. The van der Waals surface area contributed by atoms with Crippen LogP contribution in [0.25, 0.3) is 0 Å². The van der Waals surface area contributed by atoms with Crippen molar-refractivity contribution in [2.24, 2.45) is 0 Å². The molecule has 1 aliphatic heterocycles. The predicted octanol–water partition coefficient (Wildman–Crippen LogP) is 1.33. The minimum atomic E-state index is -0.269. The average Bonchev–Trinajstić information content (AvgIpc) is 2.23. The fraction of sp³-hybridized carbons (Fsp3) is 0.500. The molecular weight excluding hydrogens is 206 g/mol. The van der Waals surface area contributed by atoms with E-state index in [2.05, 4.69) is 5.32 Å². The maximum Gasteiger partial charge on any atom is 0.302 e. The molecule has 0 fully saturated rings. The van der Waals surface area contributed by atoms with Crippen LogP contribution in [-0.2, 0) is 14.3 Å². The number of hydrogen-bond acceptors (Lipinski definition) is 4. The lowest BCUT2D eigenvalue weighted by atomic mass is 10.0. The largest absolute Gasteiger partial charge is 0.462 e. The van der Waals surface area contributed by atoms with Crippen LogP contribution in [0.2, 0.25) is 0 Å². The van der Waals surface area contributed by atoms with Crippen molar-refractivity contribution >= 4 is 11.8 Å². The lowest BCUT2D eigenvalue weighted by Gasteiger charge is -2.18. The lowest BCUT2D eigenvalue weighted by molar-refractivity contribution is -0.139. The van der Waals surface area contributed by atoms with Crippen LogP contribution in [0.3, 0.4) is 0 Å². The van der Waals surface area contributed by atoms with E-state index in [0.717, 1.165) is 12.8 Å². The van der Waals surface area contributed by atoms with E-state index in [1.807, 2.05) is 12.2 Å². The molecule has 0 radical (unpaired) electrons. The molecule has 1 rings (SSSR count). The van der Waals surface area contributed by atoms with Gasteiger partial charge in [0.25, 0.3) is 0 Å². The Morgan fingerprint density at radius 1 is 1.62 bits per heavy atom. The van der Waals surface area contributed by atoms with Crippen LogP contribution < -0.4 is 5.32 Å². The van der Waals surface area contributed by atoms with Crippen LogP contribution >= 0.6 is 0 Å². The lowest BCUT2D eigenvalue weighted by Crippen LogP contribution is -2.30. The second-order valence-corrected chi connectivity index (χ2v) is 3.72. The van der Waals surface area contributed by atoms with Crippen molar-refractivity contribution in [3.8, 4) is 0 Å². The highest BCUT2D eigenvalue weighted by atomic mass is 16.5. The Hall–Kier alpha value is -1.58. The van der Waals surface area contributed by atoms with Crippen LogP contribution in [0, 0.1) is 0 Å². The summed E-state index contributed by atoms with van der Waals surface area (Å²) in [6.07, 6.45) is 9.41. The molecule has 1 heterocycles. The molecule has 0 amide bonds. The van der Waals surface area contributed by atoms with Crippen LogP contribution in [0.4, 0.5) is 0 Å². The molecule has 4 heteroatoms. The number of hydrogen-bond donors (Lipinski definition) is 1. The average molecular weight is 223 g/mol. The second-order valence-electron chi connectivity index (χ2n) is 3.72. The van der Waals surface area contributed by atoms with Gasteiger partial charge in [-0.05, 0) is 18.9 Å². The van der Waals surface area contributed by atoms with Gasteiger partial charge in [-0.3, -0.25) is 9.59 Å². The summed E-state index contributed by atoms with van der Waals surface area (Å²) in [5.41, 5.74) is 0. The van der Waals surface area contributed by atoms with E-state index >= 15 is 0 Å². The molecule has 1 N–H and O–H groups in total. The monoisotopic (exact) mass is 223 g/mol. The number of nitrogens with one attached hydrogen (secondary N) is 1. The van der Waals surface area contributed by atoms with E-state index in [1.165, 1.54) is 6.92 Å². The Labute approximate surface area is 95.4 Å². The first kappa shape index (κ1) is 12.5. The molecular formula is C12H17NO3. The number of ether oxygens (including phenoxy) is 1. The van der Waals surface area contributed by atoms with Crippen molar-refractivity contribution in [3.63, 3.8) is 0 Å². The summed E-state index contributed by atoms with van der Waals surface area (Å²) < 4.78 is 4.74. The van der Waals surface area contributed by atoms with E-state index in [1.54, 1.807) is 12.3 Å². The van der Waals surface area contributed by atoms with Crippen molar-refractivity contribution in [2.75, 3.05) is 6.61 Å². The van der Waals surface area contributed by atoms with E-state index in [9.17, 15) is 9.59 Å². The van der Waals surface area contributed by atoms with Gasteiger partial charge < -0.3 is 10.1 Å². The third-order valence-corrected chi connectivity index (χ3v) is 2.28. The van der Waals surface area contributed by atoms with Gasteiger partial charge in [0, 0.05) is 25.6 Å².